The van der Waals surface area contributed by atoms with Gasteiger partial charge in [0.15, 0.2) is 5.76 Å². The highest BCUT2D eigenvalue weighted by Gasteiger charge is 2.22. The number of nitrogens with one attached hydrogen (secondary N) is 2. The van der Waals surface area contributed by atoms with Gasteiger partial charge < -0.3 is 9.73 Å². The highest BCUT2D eigenvalue weighted by molar-refractivity contribution is 5.91. The summed E-state index contributed by atoms with van der Waals surface area (Å²) in [6, 6.07) is 25.1. The van der Waals surface area contributed by atoms with E-state index in [9.17, 15) is 9.59 Å². The molecule has 1 amide bonds. The molecule has 0 unspecified atom stereocenters. The lowest BCUT2D eigenvalue weighted by Crippen LogP contribution is -2.22. The second kappa shape index (κ2) is 10.5. The van der Waals surface area contributed by atoms with Gasteiger partial charge in [-0.3, -0.25) is 14.6 Å². The third-order valence-corrected chi connectivity index (χ3v) is 6.31. The zero-order chi connectivity index (χ0) is 25.8. The number of aromatic amines is 1. The molecule has 0 aliphatic heterocycles. The molecule has 0 atom stereocenters. The third-order valence-electron chi connectivity index (χ3n) is 6.31. The average molecular weight is 494 g/mol. The minimum atomic E-state index is -0.231. The fourth-order valence-corrected chi connectivity index (χ4v) is 4.47. The monoisotopic (exact) mass is 493 g/mol. The Kier molecular flexibility index (Phi) is 6.81. The Labute approximate surface area is 214 Å². The van der Waals surface area contributed by atoms with Crippen molar-refractivity contribution in [1.82, 2.24) is 19.7 Å². The maximum absolute atomic E-state index is 13.4. The molecule has 37 heavy (non-hydrogen) atoms. The maximum atomic E-state index is 13.4. The summed E-state index contributed by atoms with van der Waals surface area (Å²) in [5.41, 5.74) is 3.59. The van der Waals surface area contributed by atoms with E-state index in [4.69, 9.17) is 4.42 Å². The van der Waals surface area contributed by atoms with E-state index in [1.54, 1.807) is 31.4 Å². The summed E-state index contributed by atoms with van der Waals surface area (Å²) in [5, 5.41) is 7.57. The SMILES string of the molecule is CCc1c(C)nc(-n2nc(-c3ccco3)cc2NC(=O)CC(c2ccccc2)c2ccccc2)[nH]c1=O. The molecular formula is C29H27N5O3. The molecule has 0 radical (unpaired) electrons. The van der Waals surface area contributed by atoms with Gasteiger partial charge in [-0.25, -0.2) is 4.98 Å². The van der Waals surface area contributed by atoms with Crippen LogP contribution in [0.4, 0.5) is 5.82 Å². The van der Waals surface area contributed by atoms with E-state index in [1.165, 1.54) is 4.68 Å². The van der Waals surface area contributed by atoms with Gasteiger partial charge in [-0.05, 0) is 36.6 Å². The van der Waals surface area contributed by atoms with E-state index in [-0.39, 0.29) is 29.8 Å². The Hall–Kier alpha value is -4.72. The molecule has 2 aromatic carbocycles. The van der Waals surface area contributed by atoms with Crippen molar-refractivity contribution in [3.8, 4) is 17.4 Å². The zero-order valence-corrected chi connectivity index (χ0v) is 20.6. The van der Waals surface area contributed by atoms with Gasteiger partial charge in [-0.15, -0.1) is 0 Å². The minimum Gasteiger partial charge on any atom is -0.463 e. The Bertz CT molecular complexity index is 1520. The van der Waals surface area contributed by atoms with E-state index < -0.39 is 0 Å². The van der Waals surface area contributed by atoms with Gasteiger partial charge in [0.25, 0.3) is 5.56 Å². The van der Waals surface area contributed by atoms with Gasteiger partial charge >= 0.3 is 0 Å². The normalized spacial score (nSPS) is 11.1. The van der Waals surface area contributed by atoms with Crippen molar-refractivity contribution in [2.45, 2.75) is 32.6 Å². The summed E-state index contributed by atoms with van der Waals surface area (Å²) < 4.78 is 6.95. The average Bonchev–Trinajstić information content (AvgIpc) is 3.59. The van der Waals surface area contributed by atoms with Gasteiger partial charge in [-0.1, -0.05) is 67.6 Å². The van der Waals surface area contributed by atoms with Crippen LogP contribution in [0.1, 0.15) is 41.6 Å². The van der Waals surface area contributed by atoms with E-state index in [0.717, 1.165) is 11.1 Å². The van der Waals surface area contributed by atoms with E-state index in [1.807, 2.05) is 67.6 Å². The van der Waals surface area contributed by atoms with Crippen LogP contribution in [0, 0.1) is 6.92 Å². The van der Waals surface area contributed by atoms with Crippen LogP contribution in [-0.2, 0) is 11.2 Å². The first-order chi connectivity index (χ1) is 18.0. The van der Waals surface area contributed by atoms with Crippen molar-refractivity contribution in [3.05, 3.63) is 118 Å². The van der Waals surface area contributed by atoms with E-state index >= 15 is 0 Å². The molecule has 3 aromatic heterocycles. The summed E-state index contributed by atoms with van der Waals surface area (Å²) in [6.07, 6.45) is 2.33. The molecule has 0 aliphatic carbocycles. The highest BCUT2D eigenvalue weighted by Crippen LogP contribution is 2.29. The summed E-state index contributed by atoms with van der Waals surface area (Å²) in [4.78, 5) is 33.4. The van der Waals surface area contributed by atoms with Crippen molar-refractivity contribution >= 4 is 11.7 Å². The second-order valence-corrected chi connectivity index (χ2v) is 8.74. The number of hydrogen-bond donors (Lipinski definition) is 2. The molecule has 2 N–H and O–H groups in total. The number of anilines is 1. The molecule has 0 saturated carbocycles. The number of nitrogens with zero attached hydrogens (tertiary/aromatic N) is 3. The number of aryl methyl sites for hydroxylation is 1. The summed E-state index contributed by atoms with van der Waals surface area (Å²) in [5.74, 6) is 0.796. The highest BCUT2D eigenvalue weighted by atomic mass is 16.3. The molecule has 0 fully saturated rings. The van der Waals surface area contributed by atoms with E-state index in [2.05, 4.69) is 20.4 Å². The lowest BCUT2D eigenvalue weighted by atomic mass is 9.88. The number of benzene rings is 2. The molecule has 5 aromatic rings. The largest absolute Gasteiger partial charge is 0.463 e. The standard InChI is InChI=1S/C29H27N5O3/c1-3-22-19(2)30-29(32-28(22)36)34-26(18-24(33-34)25-15-10-16-37-25)31-27(35)17-23(20-11-6-4-7-12-20)21-13-8-5-9-14-21/h4-16,18,23H,3,17H2,1-2H3,(H,31,35)(H,30,32,36). The molecule has 0 bridgehead atoms. The molecule has 3 heterocycles. The third kappa shape index (κ3) is 5.13. The van der Waals surface area contributed by atoms with Crippen molar-refractivity contribution in [1.29, 1.82) is 0 Å². The first-order valence-electron chi connectivity index (χ1n) is 12.2. The predicted molar refractivity (Wildman–Crippen MR) is 142 cm³/mol. The molecule has 0 saturated heterocycles. The predicted octanol–water partition coefficient (Wildman–Crippen LogP) is 5.25. The first kappa shape index (κ1) is 24.0. The molecule has 8 heteroatoms. The van der Waals surface area contributed by atoms with Crippen LogP contribution in [0.3, 0.4) is 0 Å². The van der Waals surface area contributed by atoms with Crippen LogP contribution < -0.4 is 10.9 Å². The minimum absolute atomic E-state index is 0.132. The summed E-state index contributed by atoms with van der Waals surface area (Å²) >= 11 is 0. The Balaban J connectivity index is 1.50. The molecular weight excluding hydrogens is 466 g/mol. The lowest BCUT2D eigenvalue weighted by molar-refractivity contribution is -0.116. The van der Waals surface area contributed by atoms with Crippen molar-refractivity contribution in [2.75, 3.05) is 5.32 Å². The smallest absolute Gasteiger partial charge is 0.255 e. The zero-order valence-electron chi connectivity index (χ0n) is 20.6. The van der Waals surface area contributed by atoms with E-state index in [0.29, 0.717) is 35.0 Å². The number of furan rings is 1. The lowest BCUT2D eigenvalue weighted by Gasteiger charge is -2.18. The number of rotatable bonds is 8. The summed E-state index contributed by atoms with van der Waals surface area (Å²) in [7, 11) is 0. The topological polar surface area (TPSA) is 106 Å². The summed E-state index contributed by atoms with van der Waals surface area (Å²) in [6.45, 7) is 3.69. The Morgan fingerprint density at radius 3 is 2.27 bits per heavy atom. The molecule has 5 rings (SSSR count). The van der Waals surface area contributed by atoms with Gasteiger partial charge in [0.05, 0.1) is 6.26 Å². The second-order valence-electron chi connectivity index (χ2n) is 8.74. The van der Waals surface area contributed by atoms with Crippen LogP contribution in [-0.4, -0.2) is 25.7 Å². The van der Waals surface area contributed by atoms with Crippen LogP contribution >= 0.6 is 0 Å². The van der Waals surface area contributed by atoms with Crippen LogP contribution in [0.15, 0.2) is 94.3 Å². The molecule has 8 nitrogen and oxygen atoms in total. The number of aromatic nitrogens is 4. The molecule has 0 spiro atoms. The maximum Gasteiger partial charge on any atom is 0.255 e. The van der Waals surface area contributed by atoms with Gasteiger partial charge in [0.2, 0.25) is 11.9 Å². The van der Waals surface area contributed by atoms with Crippen LogP contribution in [0.5, 0.6) is 0 Å². The number of amides is 1. The van der Waals surface area contributed by atoms with Crippen molar-refractivity contribution < 1.29 is 9.21 Å². The number of H-pyrrole nitrogens is 1. The van der Waals surface area contributed by atoms with Crippen LogP contribution in [0.2, 0.25) is 0 Å². The number of carbonyl (C=O) groups excluding carboxylic acids is 1. The van der Waals surface area contributed by atoms with Crippen molar-refractivity contribution in [2.24, 2.45) is 0 Å². The van der Waals surface area contributed by atoms with Crippen LogP contribution in [0.25, 0.3) is 17.4 Å². The van der Waals surface area contributed by atoms with Gasteiger partial charge in [0.1, 0.15) is 11.5 Å². The Morgan fingerprint density at radius 2 is 1.70 bits per heavy atom. The fourth-order valence-electron chi connectivity index (χ4n) is 4.47. The molecule has 186 valence electrons. The number of carbonyl (C=O) groups is 1. The van der Waals surface area contributed by atoms with Gasteiger partial charge in [0, 0.05) is 29.7 Å². The first-order valence-corrected chi connectivity index (χ1v) is 12.2. The molecule has 0 aliphatic rings. The fraction of sp³-hybridized carbons (Fsp3) is 0.172. The quantitative estimate of drug-likeness (QED) is 0.307. The van der Waals surface area contributed by atoms with Crippen molar-refractivity contribution in [3.63, 3.8) is 0 Å². The van der Waals surface area contributed by atoms with Gasteiger partial charge in [-0.2, -0.15) is 9.78 Å². The number of hydrogen-bond acceptors (Lipinski definition) is 5. The Morgan fingerprint density at radius 1 is 1.03 bits per heavy atom.